The lowest BCUT2D eigenvalue weighted by Gasteiger charge is -2.34. The van der Waals surface area contributed by atoms with Gasteiger partial charge in [0, 0.05) is 43.9 Å². The number of nitriles is 1. The molecule has 0 radical (unpaired) electrons. The summed E-state index contributed by atoms with van der Waals surface area (Å²) in [5.41, 5.74) is 2.95. The lowest BCUT2D eigenvalue weighted by atomic mass is 10.1. The van der Waals surface area contributed by atoms with Gasteiger partial charge in [-0.05, 0) is 29.8 Å². The number of carbonyl (C=O) groups excluding carboxylic acids is 1. The molecule has 10 heteroatoms. The summed E-state index contributed by atoms with van der Waals surface area (Å²) in [4.78, 5) is 16.5. The van der Waals surface area contributed by atoms with Crippen LogP contribution in [0.15, 0.2) is 65.2 Å². The lowest BCUT2D eigenvalue weighted by molar-refractivity contribution is 0.208. The van der Waals surface area contributed by atoms with E-state index in [0.29, 0.717) is 43.1 Å². The molecule has 2 N–H and O–H groups in total. The first-order chi connectivity index (χ1) is 16.6. The first-order valence-corrected chi connectivity index (χ1v) is 10.7. The van der Waals surface area contributed by atoms with Gasteiger partial charge in [-0.2, -0.15) is 10.4 Å². The summed E-state index contributed by atoms with van der Waals surface area (Å²) in [6.45, 7) is 2.27. The van der Waals surface area contributed by atoms with Crippen LogP contribution in [0.5, 0.6) is 0 Å². The standard InChI is InChI=1S/C24H20FN7O2/c25-19-3-1-2-18(12-19)21-14-22(30-34-21)27-24(33)32-10-8-31(9-11-32)23-13-20(28-29-23)17-6-4-16(15-26)5-7-17/h1-7,12-14H,8-11H2,(H,28,29)(H,27,30,33). The highest BCUT2D eigenvalue weighted by molar-refractivity contribution is 5.89. The topological polar surface area (TPSA) is 114 Å². The van der Waals surface area contributed by atoms with Gasteiger partial charge in [-0.15, -0.1) is 0 Å². The van der Waals surface area contributed by atoms with Crippen LogP contribution in [0.3, 0.4) is 0 Å². The van der Waals surface area contributed by atoms with Crippen molar-refractivity contribution in [3.63, 3.8) is 0 Å². The molecule has 1 aliphatic rings. The summed E-state index contributed by atoms with van der Waals surface area (Å²) in [6.07, 6.45) is 0. The third-order valence-electron chi connectivity index (χ3n) is 5.63. The highest BCUT2D eigenvalue weighted by Gasteiger charge is 2.23. The zero-order valence-electron chi connectivity index (χ0n) is 18.0. The monoisotopic (exact) mass is 457 g/mol. The van der Waals surface area contributed by atoms with Crippen molar-refractivity contribution in [2.45, 2.75) is 0 Å². The Balaban J connectivity index is 1.17. The number of nitrogens with one attached hydrogen (secondary N) is 2. The van der Waals surface area contributed by atoms with Crippen molar-refractivity contribution in [3.05, 3.63) is 72.0 Å². The van der Waals surface area contributed by atoms with E-state index >= 15 is 0 Å². The maximum atomic E-state index is 13.4. The Morgan fingerprint density at radius 2 is 1.85 bits per heavy atom. The molecule has 4 aromatic rings. The van der Waals surface area contributed by atoms with Crippen molar-refractivity contribution < 1.29 is 13.7 Å². The second-order valence-electron chi connectivity index (χ2n) is 7.82. The molecule has 0 atom stereocenters. The number of amides is 2. The zero-order chi connectivity index (χ0) is 23.5. The summed E-state index contributed by atoms with van der Waals surface area (Å²) in [7, 11) is 0. The largest absolute Gasteiger partial charge is 0.354 e. The summed E-state index contributed by atoms with van der Waals surface area (Å²) in [6, 6.07) is 18.6. The molecule has 0 spiro atoms. The molecule has 5 rings (SSSR count). The fraction of sp³-hybridized carbons (Fsp3) is 0.167. The first kappa shape index (κ1) is 21.2. The maximum absolute atomic E-state index is 13.4. The summed E-state index contributed by atoms with van der Waals surface area (Å²) in [5.74, 6) is 1.07. The average Bonchev–Trinajstić information content (AvgIpc) is 3.55. The number of H-pyrrole nitrogens is 1. The quantitative estimate of drug-likeness (QED) is 0.477. The van der Waals surface area contributed by atoms with Gasteiger partial charge in [0.05, 0.1) is 17.3 Å². The van der Waals surface area contributed by atoms with Crippen molar-refractivity contribution >= 4 is 17.7 Å². The molecule has 9 nitrogen and oxygen atoms in total. The van der Waals surface area contributed by atoms with Crippen LogP contribution in [-0.2, 0) is 0 Å². The van der Waals surface area contributed by atoms with E-state index in [2.05, 4.69) is 31.6 Å². The average molecular weight is 457 g/mol. The second-order valence-corrected chi connectivity index (χ2v) is 7.82. The molecule has 0 saturated carbocycles. The van der Waals surface area contributed by atoms with Crippen molar-refractivity contribution in [2.75, 3.05) is 36.4 Å². The fourth-order valence-electron chi connectivity index (χ4n) is 3.78. The Kier molecular flexibility index (Phi) is 5.66. The molecule has 1 fully saturated rings. The minimum Gasteiger partial charge on any atom is -0.354 e. The predicted molar refractivity (Wildman–Crippen MR) is 123 cm³/mol. The van der Waals surface area contributed by atoms with Gasteiger partial charge in [0.15, 0.2) is 17.4 Å². The number of hydrogen-bond acceptors (Lipinski definition) is 6. The molecule has 2 aromatic carbocycles. The molecular weight excluding hydrogens is 437 g/mol. The molecule has 1 aliphatic heterocycles. The molecule has 3 heterocycles. The predicted octanol–water partition coefficient (Wildman–Crippen LogP) is 4.10. The Bertz CT molecular complexity index is 1350. The number of halogens is 1. The van der Waals surface area contributed by atoms with Crippen LogP contribution < -0.4 is 10.2 Å². The van der Waals surface area contributed by atoms with E-state index in [1.165, 1.54) is 12.1 Å². The van der Waals surface area contributed by atoms with Crippen LogP contribution >= 0.6 is 0 Å². The molecule has 0 bridgehead atoms. The third-order valence-corrected chi connectivity index (χ3v) is 5.63. The van der Waals surface area contributed by atoms with Crippen molar-refractivity contribution in [1.29, 1.82) is 5.26 Å². The maximum Gasteiger partial charge on any atom is 0.323 e. The van der Waals surface area contributed by atoms with Crippen molar-refractivity contribution in [1.82, 2.24) is 20.3 Å². The van der Waals surface area contributed by atoms with Gasteiger partial charge < -0.3 is 14.3 Å². The van der Waals surface area contributed by atoms with Gasteiger partial charge >= 0.3 is 6.03 Å². The molecule has 0 aliphatic carbocycles. The first-order valence-electron chi connectivity index (χ1n) is 10.7. The van der Waals surface area contributed by atoms with Crippen LogP contribution in [0.2, 0.25) is 0 Å². The highest BCUT2D eigenvalue weighted by atomic mass is 19.1. The van der Waals surface area contributed by atoms with Crippen LogP contribution in [-0.4, -0.2) is 52.5 Å². The van der Waals surface area contributed by atoms with Gasteiger partial charge in [-0.3, -0.25) is 10.4 Å². The van der Waals surface area contributed by atoms with Gasteiger partial charge in [0.2, 0.25) is 0 Å². The molecule has 170 valence electrons. The van der Waals surface area contributed by atoms with E-state index in [1.54, 1.807) is 35.2 Å². The lowest BCUT2D eigenvalue weighted by Crippen LogP contribution is -2.50. The Morgan fingerprint density at radius 1 is 1.06 bits per heavy atom. The van der Waals surface area contributed by atoms with Crippen LogP contribution in [0, 0.1) is 17.1 Å². The van der Waals surface area contributed by atoms with Gasteiger partial charge in [-0.1, -0.05) is 29.4 Å². The van der Waals surface area contributed by atoms with E-state index in [4.69, 9.17) is 9.78 Å². The Morgan fingerprint density at radius 3 is 2.59 bits per heavy atom. The fourth-order valence-corrected chi connectivity index (χ4v) is 3.78. The van der Waals surface area contributed by atoms with E-state index in [1.807, 2.05) is 18.2 Å². The number of hydrogen-bond donors (Lipinski definition) is 2. The highest BCUT2D eigenvalue weighted by Crippen LogP contribution is 2.25. The summed E-state index contributed by atoms with van der Waals surface area (Å²) in [5, 5.41) is 23.0. The number of aromatic nitrogens is 3. The van der Waals surface area contributed by atoms with E-state index < -0.39 is 0 Å². The molecule has 0 unspecified atom stereocenters. The Labute approximate surface area is 194 Å². The number of aromatic amines is 1. The number of nitrogens with zero attached hydrogens (tertiary/aromatic N) is 5. The summed E-state index contributed by atoms with van der Waals surface area (Å²) >= 11 is 0. The minimum atomic E-state index is -0.377. The molecule has 1 saturated heterocycles. The molecule has 2 aromatic heterocycles. The van der Waals surface area contributed by atoms with Crippen LogP contribution in [0.25, 0.3) is 22.6 Å². The normalized spacial score (nSPS) is 13.5. The Hall–Kier alpha value is -4.65. The number of benzene rings is 2. The number of carbonyl (C=O) groups is 1. The van der Waals surface area contributed by atoms with Crippen LogP contribution in [0.1, 0.15) is 5.56 Å². The number of rotatable bonds is 4. The SMILES string of the molecule is N#Cc1ccc(-c2cc(N3CCN(C(=O)Nc4cc(-c5cccc(F)c5)on4)CC3)n[nH]2)cc1. The molecule has 2 amide bonds. The molecule has 34 heavy (non-hydrogen) atoms. The third kappa shape index (κ3) is 4.45. The number of anilines is 2. The summed E-state index contributed by atoms with van der Waals surface area (Å²) < 4.78 is 18.7. The van der Waals surface area contributed by atoms with E-state index in [9.17, 15) is 9.18 Å². The van der Waals surface area contributed by atoms with Crippen molar-refractivity contribution in [3.8, 4) is 28.7 Å². The smallest absolute Gasteiger partial charge is 0.323 e. The van der Waals surface area contributed by atoms with E-state index in [0.717, 1.165) is 17.1 Å². The van der Waals surface area contributed by atoms with Gasteiger partial charge in [-0.25, -0.2) is 9.18 Å². The molecular formula is C24H20FN7O2. The van der Waals surface area contributed by atoms with E-state index in [-0.39, 0.29) is 17.7 Å². The minimum absolute atomic E-state index is 0.269. The van der Waals surface area contributed by atoms with Gasteiger partial charge in [0.25, 0.3) is 0 Å². The number of piperazine rings is 1. The van der Waals surface area contributed by atoms with Gasteiger partial charge in [0.1, 0.15) is 5.82 Å². The van der Waals surface area contributed by atoms with Crippen LogP contribution in [0.4, 0.5) is 20.8 Å². The van der Waals surface area contributed by atoms with Crippen molar-refractivity contribution in [2.24, 2.45) is 0 Å². The number of urea groups is 1. The zero-order valence-corrected chi connectivity index (χ0v) is 18.0. The second kappa shape index (κ2) is 9.07.